The van der Waals surface area contributed by atoms with E-state index in [1.54, 1.807) is 0 Å². The van der Waals surface area contributed by atoms with Gasteiger partial charge in [0.15, 0.2) is 0 Å². The number of hydrogen-bond donors (Lipinski definition) is 1. The van der Waals surface area contributed by atoms with E-state index in [-0.39, 0.29) is 11.9 Å². The van der Waals surface area contributed by atoms with Crippen LogP contribution in [-0.2, 0) is 4.79 Å². The standard InChI is InChI=1S/C16H29N3O/c17-15(11-13-5-2-1-3-6-13)16(20)19-10-9-18-8-4-7-14(18)12-19/h13-15H,1-12,17H2. The zero-order valence-corrected chi connectivity index (χ0v) is 12.6. The molecule has 1 aliphatic carbocycles. The Bertz CT molecular complexity index is 341. The van der Waals surface area contributed by atoms with Crippen LogP contribution in [0.4, 0.5) is 0 Å². The number of nitrogens with zero attached hydrogens (tertiary/aromatic N) is 2. The molecule has 0 bridgehead atoms. The second-order valence-electron chi connectivity index (χ2n) is 6.96. The van der Waals surface area contributed by atoms with Crippen molar-refractivity contribution in [1.82, 2.24) is 9.80 Å². The lowest BCUT2D eigenvalue weighted by Crippen LogP contribution is -2.55. The third kappa shape index (κ3) is 3.17. The Balaban J connectivity index is 1.49. The average molecular weight is 279 g/mol. The molecule has 0 spiro atoms. The number of rotatable bonds is 3. The molecular weight excluding hydrogens is 250 g/mol. The number of carbonyl (C=O) groups is 1. The second kappa shape index (κ2) is 6.44. The van der Waals surface area contributed by atoms with Crippen molar-refractivity contribution in [1.29, 1.82) is 0 Å². The number of nitrogens with two attached hydrogens (primary N) is 1. The summed E-state index contributed by atoms with van der Waals surface area (Å²) in [5.74, 6) is 0.901. The topological polar surface area (TPSA) is 49.6 Å². The third-order valence-electron chi connectivity index (χ3n) is 5.53. The first-order valence-corrected chi connectivity index (χ1v) is 8.52. The van der Waals surface area contributed by atoms with E-state index >= 15 is 0 Å². The van der Waals surface area contributed by atoms with Crippen molar-refractivity contribution in [2.45, 2.75) is 63.5 Å². The van der Waals surface area contributed by atoms with Crippen LogP contribution in [0, 0.1) is 5.92 Å². The Morgan fingerprint density at radius 1 is 1.05 bits per heavy atom. The number of amides is 1. The van der Waals surface area contributed by atoms with Crippen molar-refractivity contribution in [2.24, 2.45) is 11.7 Å². The Morgan fingerprint density at radius 3 is 2.65 bits per heavy atom. The molecule has 20 heavy (non-hydrogen) atoms. The van der Waals surface area contributed by atoms with E-state index in [4.69, 9.17) is 5.73 Å². The second-order valence-corrected chi connectivity index (χ2v) is 6.96. The van der Waals surface area contributed by atoms with Crippen LogP contribution in [0.5, 0.6) is 0 Å². The minimum atomic E-state index is -0.258. The highest BCUT2D eigenvalue weighted by atomic mass is 16.2. The lowest BCUT2D eigenvalue weighted by Gasteiger charge is -2.39. The summed E-state index contributed by atoms with van der Waals surface area (Å²) in [6, 6.07) is 0.348. The summed E-state index contributed by atoms with van der Waals surface area (Å²) in [6.45, 7) is 4.07. The molecule has 114 valence electrons. The summed E-state index contributed by atoms with van der Waals surface area (Å²) in [4.78, 5) is 17.1. The molecule has 0 aromatic carbocycles. The highest BCUT2D eigenvalue weighted by Crippen LogP contribution is 2.28. The first kappa shape index (κ1) is 14.3. The van der Waals surface area contributed by atoms with Gasteiger partial charge in [-0.15, -0.1) is 0 Å². The number of hydrogen-bond acceptors (Lipinski definition) is 3. The average Bonchev–Trinajstić information content (AvgIpc) is 2.94. The first-order valence-electron chi connectivity index (χ1n) is 8.52. The molecule has 2 saturated heterocycles. The Morgan fingerprint density at radius 2 is 1.85 bits per heavy atom. The summed E-state index contributed by atoms with van der Waals surface area (Å²) in [5.41, 5.74) is 6.21. The fourth-order valence-corrected chi connectivity index (χ4v) is 4.31. The van der Waals surface area contributed by atoms with Crippen LogP contribution in [0.2, 0.25) is 0 Å². The van der Waals surface area contributed by atoms with Crippen molar-refractivity contribution >= 4 is 5.91 Å². The van der Waals surface area contributed by atoms with E-state index in [0.717, 1.165) is 26.1 Å². The van der Waals surface area contributed by atoms with E-state index in [1.807, 2.05) is 4.90 Å². The molecule has 0 radical (unpaired) electrons. The van der Waals surface area contributed by atoms with Gasteiger partial charge in [0.1, 0.15) is 0 Å². The molecule has 3 aliphatic rings. The lowest BCUT2D eigenvalue weighted by atomic mass is 9.84. The predicted molar refractivity (Wildman–Crippen MR) is 80.3 cm³/mol. The number of piperazine rings is 1. The van der Waals surface area contributed by atoms with Gasteiger partial charge in [-0.1, -0.05) is 32.1 Å². The predicted octanol–water partition coefficient (Wildman–Crippen LogP) is 1.59. The van der Waals surface area contributed by atoms with Gasteiger partial charge < -0.3 is 10.6 Å². The monoisotopic (exact) mass is 279 g/mol. The molecule has 3 rings (SSSR count). The van der Waals surface area contributed by atoms with Gasteiger partial charge in [-0.05, 0) is 31.7 Å². The van der Waals surface area contributed by atoms with Crippen LogP contribution in [0.3, 0.4) is 0 Å². The lowest BCUT2D eigenvalue weighted by molar-refractivity contribution is -0.135. The van der Waals surface area contributed by atoms with Crippen LogP contribution in [0.25, 0.3) is 0 Å². The molecule has 2 unspecified atom stereocenters. The quantitative estimate of drug-likeness (QED) is 0.853. The molecule has 2 N–H and O–H groups in total. The molecule has 4 nitrogen and oxygen atoms in total. The Hall–Kier alpha value is -0.610. The Kier molecular flexibility index (Phi) is 4.61. The zero-order chi connectivity index (χ0) is 13.9. The van der Waals surface area contributed by atoms with Crippen molar-refractivity contribution in [3.05, 3.63) is 0 Å². The number of carbonyl (C=O) groups excluding carboxylic acids is 1. The van der Waals surface area contributed by atoms with Gasteiger partial charge in [0.05, 0.1) is 6.04 Å². The van der Waals surface area contributed by atoms with Gasteiger partial charge in [-0.3, -0.25) is 9.69 Å². The smallest absolute Gasteiger partial charge is 0.239 e. The molecule has 1 saturated carbocycles. The largest absolute Gasteiger partial charge is 0.338 e. The van der Waals surface area contributed by atoms with E-state index in [1.165, 1.54) is 51.5 Å². The summed E-state index contributed by atoms with van der Waals surface area (Å²) >= 11 is 0. The molecule has 1 amide bonds. The first-order chi connectivity index (χ1) is 9.74. The SMILES string of the molecule is NC(CC1CCCCC1)C(=O)N1CCN2CCCC2C1. The van der Waals surface area contributed by atoms with Crippen molar-refractivity contribution in [3.63, 3.8) is 0 Å². The molecular formula is C16H29N3O. The molecule has 3 fully saturated rings. The highest BCUT2D eigenvalue weighted by Gasteiger charge is 2.34. The van der Waals surface area contributed by atoms with Crippen LogP contribution >= 0.6 is 0 Å². The van der Waals surface area contributed by atoms with Gasteiger partial charge >= 0.3 is 0 Å². The molecule has 2 aliphatic heterocycles. The maximum absolute atomic E-state index is 12.5. The fraction of sp³-hybridized carbons (Fsp3) is 0.938. The molecule has 2 heterocycles. The summed E-state index contributed by atoms with van der Waals surface area (Å²) in [6.07, 6.45) is 10.0. The Labute approximate surface area is 122 Å². The number of fused-ring (bicyclic) bond motifs is 1. The van der Waals surface area contributed by atoms with Crippen molar-refractivity contribution < 1.29 is 4.79 Å². The summed E-state index contributed by atoms with van der Waals surface area (Å²) in [7, 11) is 0. The maximum atomic E-state index is 12.5. The van der Waals surface area contributed by atoms with E-state index in [2.05, 4.69) is 4.90 Å². The van der Waals surface area contributed by atoms with Crippen LogP contribution in [-0.4, -0.2) is 54.0 Å². The zero-order valence-electron chi connectivity index (χ0n) is 12.6. The van der Waals surface area contributed by atoms with Gasteiger partial charge in [-0.25, -0.2) is 0 Å². The fourth-order valence-electron chi connectivity index (χ4n) is 4.31. The third-order valence-corrected chi connectivity index (χ3v) is 5.53. The molecule has 4 heteroatoms. The van der Waals surface area contributed by atoms with E-state index in [9.17, 15) is 4.79 Å². The van der Waals surface area contributed by atoms with Crippen LogP contribution in [0.15, 0.2) is 0 Å². The van der Waals surface area contributed by atoms with Gasteiger partial charge in [0, 0.05) is 25.7 Å². The normalized spacial score (nSPS) is 30.2. The van der Waals surface area contributed by atoms with E-state index in [0.29, 0.717) is 12.0 Å². The highest BCUT2D eigenvalue weighted by molar-refractivity contribution is 5.81. The van der Waals surface area contributed by atoms with Gasteiger partial charge in [0.25, 0.3) is 0 Å². The maximum Gasteiger partial charge on any atom is 0.239 e. The minimum absolute atomic E-state index is 0.210. The van der Waals surface area contributed by atoms with Gasteiger partial charge in [0.2, 0.25) is 5.91 Å². The molecule has 0 aromatic heterocycles. The van der Waals surface area contributed by atoms with Crippen molar-refractivity contribution in [2.75, 3.05) is 26.2 Å². The van der Waals surface area contributed by atoms with Crippen LogP contribution < -0.4 is 5.73 Å². The van der Waals surface area contributed by atoms with E-state index < -0.39 is 0 Å². The summed E-state index contributed by atoms with van der Waals surface area (Å²) in [5, 5.41) is 0. The molecule has 0 aromatic rings. The summed E-state index contributed by atoms with van der Waals surface area (Å²) < 4.78 is 0. The minimum Gasteiger partial charge on any atom is -0.338 e. The van der Waals surface area contributed by atoms with Crippen LogP contribution in [0.1, 0.15) is 51.4 Å². The van der Waals surface area contributed by atoms with Gasteiger partial charge in [-0.2, -0.15) is 0 Å². The molecule has 2 atom stereocenters. The van der Waals surface area contributed by atoms with Crippen molar-refractivity contribution in [3.8, 4) is 0 Å².